The predicted octanol–water partition coefficient (Wildman–Crippen LogP) is 6.12. The van der Waals surface area contributed by atoms with Gasteiger partial charge >= 0.3 is 168 Å². The molecule has 4 rings (SSSR count). The van der Waals surface area contributed by atoms with E-state index in [0.717, 1.165) is 51.5 Å². The van der Waals surface area contributed by atoms with Crippen LogP contribution in [0.25, 0.3) is 26.3 Å². The Kier molecular flexibility index (Phi) is 7.38. The maximum atomic E-state index is 4.92. The molecule has 0 atom stereocenters. The van der Waals surface area contributed by atoms with Crippen molar-refractivity contribution in [3.05, 3.63) is 82.6 Å². The topological polar surface area (TPSA) is 60.8 Å². The van der Waals surface area contributed by atoms with Crippen LogP contribution in [0.1, 0.15) is 16.8 Å². The largest absolute Gasteiger partial charge is 0.344 e. The van der Waals surface area contributed by atoms with Gasteiger partial charge in [0.05, 0.1) is 0 Å². The van der Waals surface area contributed by atoms with Crippen LogP contribution in [0.4, 0.5) is 0 Å². The fourth-order valence-corrected chi connectivity index (χ4v) is 4.53. The Labute approximate surface area is 185 Å². The average molecular weight is 499 g/mol. The van der Waals surface area contributed by atoms with Crippen LogP contribution in [0.5, 0.6) is 0 Å². The van der Waals surface area contributed by atoms with Gasteiger partial charge in [-0.15, -0.1) is 12.4 Å². The molecule has 0 saturated carbocycles. The molecule has 0 bridgehead atoms. The summed E-state index contributed by atoms with van der Waals surface area (Å²) in [7, 11) is 0. The van der Waals surface area contributed by atoms with Gasteiger partial charge in [-0.25, -0.2) is 0 Å². The second-order valence-corrected chi connectivity index (χ2v) is 8.52. The second-order valence-electron chi connectivity index (χ2n) is 6.21. The van der Waals surface area contributed by atoms with Gasteiger partial charge in [-0.3, -0.25) is 0 Å². The molecule has 6 heteroatoms. The number of aromatic nitrogens is 2. The zero-order valence-electron chi connectivity index (χ0n) is 15.6. The van der Waals surface area contributed by atoms with Crippen molar-refractivity contribution in [3.8, 4) is 0 Å². The number of halogens is 2. The van der Waals surface area contributed by atoms with E-state index in [1.54, 1.807) is 0 Å². The minimum atomic E-state index is 0. The van der Waals surface area contributed by atoms with Crippen molar-refractivity contribution in [2.45, 2.75) is 13.8 Å². The minimum Gasteiger partial charge on any atom is -0.344 e. The van der Waals surface area contributed by atoms with Gasteiger partial charge in [0.15, 0.2) is 0 Å². The molecule has 0 unspecified atom stereocenters. The van der Waals surface area contributed by atoms with Crippen LogP contribution in [0, 0.1) is 13.8 Å². The van der Waals surface area contributed by atoms with E-state index < -0.39 is 0 Å². The number of benzene rings is 2. The fraction of sp³-hybridized carbons (Fsp3) is 0.0909. The number of pyridine rings is 2. The fourth-order valence-electron chi connectivity index (χ4n) is 2.97. The predicted molar refractivity (Wildman–Crippen MR) is 122 cm³/mol. The zero-order valence-corrected chi connectivity index (χ0v) is 19.2. The number of hydrogen-bond acceptors (Lipinski definition) is 3. The first kappa shape index (κ1) is 22.5. The molecule has 2 aromatic heterocycles. The summed E-state index contributed by atoms with van der Waals surface area (Å²) in [6, 6.07) is 18.8. The summed E-state index contributed by atoms with van der Waals surface area (Å²) in [5, 5.41) is 2.18. The van der Waals surface area contributed by atoms with Crippen molar-refractivity contribution in [1.29, 1.82) is 0 Å². The SMILES string of the molecule is C=[C]([Fe][c]1c(C)cccc1C)c1ccc2ccc3ccc(Br)nc3c2n1.Cl.N. The first-order valence-electron chi connectivity index (χ1n) is 8.27. The standard InChI is InChI=1S/C14H8BrN2.C8H9.ClH.Fe.H3N/c1-2-11-7-5-9-3-4-10-6-8-12(15)17-14(10)13(9)16-11;1-7-4-3-5-8(2)6-7;;;/h3-8H,1H2;3-5H,1-2H3;1H;;1H3. The van der Waals surface area contributed by atoms with Crippen LogP contribution >= 0.6 is 28.3 Å². The monoisotopic (exact) mass is 497 g/mol. The molecule has 0 aliphatic carbocycles. The Bertz CT molecular complexity index is 1160. The molecular weight excluding hydrogens is 477 g/mol. The molecule has 3 N–H and O–H groups in total. The van der Waals surface area contributed by atoms with E-state index in [-0.39, 0.29) is 18.6 Å². The molecule has 146 valence electrons. The molecule has 2 heterocycles. The number of fused-ring (bicyclic) bond motifs is 3. The number of nitrogens with zero attached hydrogens (tertiary/aromatic N) is 2. The van der Waals surface area contributed by atoms with Crippen LogP contribution in [0.2, 0.25) is 0 Å². The van der Waals surface area contributed by atoms with E-state index in [2.05, 4.69) is 89.9 Å². The summed E-state index contributed by atoms with van der Waals surface area (Å²) < 4.78 is 3.17. The molecular formula is C22H21BrClFeN3. The molecule has 0 aliphatic heterocycles. The Morgan fingerprint density at radius 2 is 1.39 bits per heavy atom. The Morgan fingerprint density at radius 3 is 2.04 bits per heavy atom. The first-order valence-corrected chi connectivity index (χ1v) is 10.2. The van der Waals surface area contributed by atoms with Crippen molar-refractivity contribution < 1.29 is 15.0 Å². The van der Waals surface area contributed by atoms with Crippen molar-refractivity contribution in [2.24, 2.45) is 0 Å². The first-order chi connectivity index (χ1) is 12.5. The molecule has 3 nitrogen and oxygen atoms in total. The molecule has 0 aliphatic rings. The van der Waals surface area contributed by atoms with Crippen molar-refractivity contribution in [2.75, 3.05) is 0 Å². The van der Waals surface area contributed by atoms with Crippen LogP contribution in [0.15, 0.2) is 65.8 Å². The van der Waals surface area contributed by atoms with Crippen molar-refractivity contribution >= 4 is 59.1 Å². The van der Waals surface area contributed by atoms with Gasteiger partial charge in [0.25, 0.3) is 0 Å². The molecule has 0 fully saturated rings. The Hall–Kier alpha value is -1.75. The second kappa shape index (κ2) is 9.17. The van der Waals surface area contributed by atoms with E-state index in [1.807, 2.05) is 6.07 Å². The van der Waals surface area contributed by atoms with Gasteiger partial charge in [0.2, 0.25) is 0 Å². The summed E-state index contributed by atoms with van der Waals surface area (Å²) in [5.74, 6) is 0. The van der Waals surface area contributed by atoms with E-state index in [0.29, 0.717) is 0 Å². The smallest absolute Gasteiger partial charge is 0.147 e. The molecule has 2 aromatic carbocycles. The van der Waals surface area contributed by atoms with E-state index in [1.165, 1.54) is 15.6 Å². The van der Waals surface area contributed by atoms with Gasteiger partial charge in [-0.1, -0.05) is 0 Å². The van der Waals surface area contributed by atoms with Gasteiger partial charge in [0.1, 0.15) is 0 Å². The van der Waals surface area contributed by atoms with Crippen LogP contribution in [-0.2, 0) is 15.0 Å². The van der Waals surface area contributed by atoms with Crippen LogP contribution in [-0.4, -0.2) is 9.97 Å². The van der Waals surface area contributed by atoms with Crippen molar-refractivity contribution in [1.82, 2.24) is 16.1 Å². The van der Waals surface area contributed by atoms with Crippen LogP contribution < -0.4 is 10.6 Å². The normalized spacial score (nSPS) is 10.5. The molecule has 0 saturated heterocycles. The summed E-state index contributed by atoms with van der Waals surface area (Å²) >= 11 is 4.27. The van der Waals surface area contributed by atoms with Gasteiger partial charge in [-0.2, -0.15) is 0 Å². The summed E-state index contributed by atoms with van der Waals surface area (Å²) in [6.45, 7) is 8.62. The maximum Gasteiger partial charge on any atom is -0.147 e. The Morgan fingerprint density at radius 1 is 0.857 bits per heavy atom. The quantitative estimate of drug-likeness (QED) is 0.210. The van der Waals surface area contributed by atoms with Crippen LogP contribution in [0.3, 0.4) is 0 Å². The van der Waals surface area contributed by atoms with E-state index >= 15 is 0 Å². The summed E-state index contributed by atoms with van der Waals surface area (Å²) in [6.07, 6.45) is 0. The van der Waals surface area contributed by atoms with E-state index in [4.69, 9.17) is 4.98 Å². The molecule has 4 aromatic rings. The third-order valence-corrected chi connectivity index (χ3v) is 6.52. The van der Waals surface area contributed by atoms with Gasteiger partial charge in [0, 0.05) is 0 Å². The minimum absolute atomic E-state index is 0. The molecule has 0 amide bonds. The Balaban J connectivity index is 0.00000140. The number of hydrogen-bond donors (Lipinski definition) is 1. The zero-order chi connectivity index (χ0) is 18.3. The number of rotatable bonds is 3. The molecule has 0 radical (unpaired) electrons. The summed E-state index contributed by atoms with van der Waals surface area (Å²) in [4.78, 5) is 9.56. The van der Waals surface area contributed by atoms with Gasteiger partial charge < -0.3 is 6.15 Å². The average Bonchev–Trinajstić information content (AvgIpc) is 2.64. The summed E-state index contributed by atoms with van der Waals surface area (Å²) in [5.41, 5.74) is 5.35. The third-order valence-electron chi connectivity index (χ3n) is 4.32. The van der Waals surface area contributed by atoms with Crippen molar-refractivity contribution in [3.63, 3.8) is 0 Å². The number of aryl methyl sites for hydroxylation is 2. The maximum absolute atomic E-state index is 4.92. The molecule has 0 spiro atoms. The van der Waals surface area contributed by atoms with E-state index in [9.17, 15) is 0 Å². The molecule has 28 heavy (non-hydrogen) atoms. The van der Waals surface area contributed by atoms with Gasteiger partial charge in [-0.05, 0) is 0 Å². The third kappa shape index (κ3) is 4.29.